The molecule has 1 fully saturated rings. The van der Waals surface area contributed by atoms with Crippen LogP contribution in [0.3, 0.4) is 0 Å². The summed E-state index contributed by atoms with van der Waals surface area (Å²) in [7, 11) is -3.72. The molecule has 2 atom stereocenters. The Morgan fingerprint density at radius 2 is 1.79 bits per heavy atom. The third kappa shape index (κ3) is 5.80. The number of sulfonamides is 1. The van der Waals surface area contributed by atoms with E-state index in [2.05, 4.69) is 10.0 Å². The number of hydrogen-bond donors (Lipinski definition) is 2. The molecule has 34 heavy (non-hydrogen) atoms. The monoisotopic (exact) mass is 482 g/mol. The average Bonchev–Trinajstić information content (AvgIpc) is 3.36. The first-order valence-corrected chi connectivity index (χ1v) is 12.5. The molecule has 2 unspecified atom stereocenters. The molecule has 1 amide bonds. The Kier molecular flexibility index (Phi) is 7.26. The predicted molar refractivity (Wildman–Crippen MR) is 128 cm³/mol. The minimum atomic E-state index is -3.72. The van der Waals surface area contributed by atoms with Crippen LogP contribution in [0.15, 0.2) is 71.6 Å². The molecule has 9 heteroatoms. The molecule has 0 aliphatic carbocycles. The molecule has 1 saturated heterocycles. The minimum Gasteiger partial charge on any atom is -0.449 e. The smallest absolute Gasteiger partial charge is 0.338 e. The second-order valence-corrected chi connectivity index (χ2v) is 9.88. The van der Waals surface area contributed by atoms with E-state index in [1.807, 2.05) is 36.4 Å². The Labute approximate surface area is 198 Å². The number of carbonyl (C=O) groups excluding carboxylic acids is 2. The van der Waals surface area contributed by atoms with Crippen LogP contribution in [-0.4, -0.2) is 45.7 Å². The summed E-state index contributed by atoms with van der Waals surface area (Å²) < 4.78 is 38.1. The molecule has 1 aliphatic heterocycles. The van der Waals surface area contributed by atoms with Gasteiger partial charge in [-0.2, -0.15) is 0 Å². The maximum absolute atomic E-state index is 12.5. The molecule has 0 saturated carbocycles. The largest absolute Gasteiger partial charge is 0.449 e. The van der Waals surface area contributed by atoms with Crippen molar-refractivity contribution in [3.8, 4) is 0 Å². The van der Waals surface area contributed by atoms with Gasteiger partial charge in [0.1, 0.15) is 0 Å². The van der Waals surface area contributed by atoms with Crippen LogP contribution in [0.5, 0.6) is 0 Å². The summed E-state index contributed by atoms with van der Waals surface area (Å²) in [6, 6.07) is 18.6. The van der Waals surface area contributed by atoms with Crippen LogP contribution in [-0.2, 0) is 24.3 Å². The summed E-state index contributed by atoms with van der Waals surface area (Å²) in [6.45, 7) is 2.32. The molecule has 1 aliphatic rings. The molecule has 2 N–H and O–H groups in total. The van der Waals surface area contributed by atoms with Crippen molar-refractivity contribution < 1.29 is 27.5 Å². The molecule has 0 radical (unpaired) electrons. The van der Waals surface area contributed by atoms with E-state index in [0.717, 1.165) is 23.6 Å². The molecule has 0 spiro atoms. The fourth-order valence-corrected chi connectivity index (χ4v) is 4.72. The number of hydrogen-bond acceptors (Lipinski definition) is 6. The summed E-state index contributed by atoms with van der Waals surface area (Å²) in [6.07, 6.45) is 0.573. The zero-order valence-corrected chi connectivity index (χ0v) is 19.5. The van der Waals surface area contributed by atoms with Gasteiger partial charge in [-0.05, 0) is 66.9 Å². The molecule has 0 bridgehead atoms. The molecule has 0 aromatic heterocycles. The van der Waals surface area contributed by atoms with Gasteiger partial charge in [0.15, 0.2) is 6.10 Å². The highest BCUT2D eigenvalue weighted by Crippen LogP contribution is 2.19. The topological polar surface area (TPSA) is 111 Å². The Morgan fingerprint density at radius 1 is 1.06 bits per heavy atom. The van der Waals surface area contributed by atoms with Crippen molar-refractivity contribution in [3.05, 3.63) is 72.3 Å². The number of carbonyl (C=O) groups is 2. The minimum absolute atomic E-state index is 0.0316. The molecular formula is C25H26N2O6S. The van der Waals surface area contributed by atoms with Crippen LogP contribution in [0.1, 0.15) is 30.1 Å². The zero-order valence-electron chi connectivity index (χ0n) is 18.7. The molecule has 8 nitrogen and oxygen atoms in total. The van der Waals surface area contributed by atoms with Gasteiger partial charge in [-0.15, -0.1) is 0 Å². The van der Waals surface area contributed by atoms with Crippen molar-refractivity contribution in [1.29, 1.82) is 0 Å². The normalized spacial score (nSPS) is 16.8. The van der Waals surface area contributed by atoms with E-state index in [4.69, 9.17) is 9.47 Å². The van der Waals surface area contributed by atoms with E-state index in [1.165, 1.54) is 31.2 Å². The van der Waals surface area contributed by atoms with Gasteiger partial charge >= 0.3 is 5.97 Å². The highest BCUT2D eigenvalue weighted by molar-refractivity contribution is 7.89. The first kappa shape index (κ1) is 23.9. The first-order valence-electron chi connectivity index (χ1n) is 11.0. The third-order valence-corrected chi connectivity index (χ3v) is 7.03. The zero-order chi connectivity index (χ0) is 24.1. The van der Waals surface area contributed by atoms with Crippen molar-refractivity contribution in [2.75, 3.05) is 18.5 Å². The van der Waals surface area contributed by atoms with E-state index in [9.17, 15) is 18.0 Å². The van der Waals surface area contributed by atoms with Gasteiger partial charge in [0.2, 0.25) is 10.0 Å². The molecule has 178 valence electrons. The van der Waals surface area contributed by atoms with Crippen LogP contribution in [0.2, 0.25) is 0 Å². The lowest BCUT2D eigenvalue weighted by atomic mass is 10.1. The molecular weight excluding hydrogens is 456 g/mol. The summed E-state index contributed by atoms with van der Waals surface area (Å²) in [5, 5.41) is 4.77. The summed E-state index contributed by atoms with van der Waals surface area (Å²) in [4.78, 5) is 25.0. The lowest BCUT2D eigenvalue weighted by molar-refractivity contribution is -0.123. The lowest BCUT2D eigenvalue weighted by Crippen LogP contribution is -2.32. The van der Waals surface area contributed by atoms with Gasteiger partial charge in [-0.3, -0.25) is 4.79 Å². The van der Waals surface area contributed by atoms with Crippen molar-refractivity contribution in [2.24, 2.45) is 0 Å². The van der Waals surface area contributed by atoms with Crippen molar-refractivity contribution in [2.45, 2.75) is 36.9 Å². The van der Waals surface area contributed by atoms with E-state index in [1.54, 1.807) is 6.07 Å². The van der Waals surface area contributed by atoms with Crippen molar-refractivity contribution in [1.82, 2.24) is 4.72 Å². The number of ether oxygens (including phenoxy) is 2. The Bertz CT molecular complexity index is 1280. The quantitative estimate of drug-likeness (QED) is 0.476. The van der Waals surface area contributed by atoms with E-state index in [0.29, 0.717) is 12.3 Å². The van der Waals surface area contributed by atoms with Crippen LogP contribution in [0, 0.1) is 0 Å². The number of fused-ring (bicyclic) bond motifs is 1. The Morgan fingerprint density at radius 3 is 2.50 bits per heavy atom. The van der Waals surface area contributed by atoms with Crippen molar-refractivity contribution >= 4 is 38.4 Å². The van der Waals surface area contributed by atoms with Gasteiger partial charge in [-0.25, -0.2) is 17.9 Å². The fourth-order valence-electron chi connectivity index (χ4n) is 3.65. The predicted octanol–water partition coefficient (Wildman–Crippen LogP) is 3.48. The number of rotatable bonds is 8. The van der Waals surface area contributed by atoms with Crippen LogP contribution < -0.4 is 10.0 Å². The second kappa shape index (κ2) is 10.3. The van der Waals surface area contributed by atoms with Crippen LogP contribution in [0.25, 0.3) is 10.8 Å². The van der Waals surface area contributed by atoms with Gasteiger partial charge in [0, 0.05) is 18.8 Å². The van der Waals surface area contributed by atoms with Gasteiger partial charge < -0.3 is 14.8 Å². The maximum Gasteiger partial charge on any atom is 0.338 e. The lowest BCUT2D eigenvalue weighted by Gasteiger charge is -2.14. The molecule has 3 aromatic carbocycles. The highest BCUT2D eigenvalue weighted by Gasteiger charge is 2.22. The molecule has 1 heterocycles. The highest BCUT2D eigenvalue weighted by atomic mass is 32.2. The van der Waals surface area contributed by atoms with E-state index in [-0.39, 0.29) is 23.1 Å². The number of amides is 1. The van der Waals surface area contributed by atoms with E-state index < -0.39 is 28.0 Å². The summed E-state index contributed by atoms with van der Waals surface area (Å²) in [5.74, 6) is -1.20. The number of nitrogens with one attached hydrogen (secondary N) is 2. The summed E-state index contributed by atoms with van der Waals surface area (Å²) >= 11 is 0. The standard InChI is InChI=1S/C25H26N2O6S/c1-17(24(28)27-21-11-8-18-5-2-3-6-20(18)15-21)33-25(29)19-9-12-23(13-10-19)34(30,31)26-16-22-7-4-14-32-22/h2-3,5-6,8-13,15,17,22,26H,4,7,14,16H2,1H3,(H,27,28). The molecule has 4 rings (SSSR count). The summed E-state index contributed by atoms with van der Waals surface area (Å²) in [5.41, 5.74) is 0.736. The van der Waals surface area contributed by atoms with Gasteiger partial charge in [0.25, 0.3) is 5.91 Å². The van der Waals surface area contributed by atoms with Crippen LogP contribution in [0.4, 0.5) is 5.69 Å². The Hall–Kier alpha value is -3.27. The fraction of sp³-hybridized carbons (Fsp3) is 0.280. The Balaban J connectivity index is 1.33. The van der Waals surface area contributed by atoms with Crippen molar-refractivity contribution in [3.63, 3.8) is 0 Å². The van der Waals surface area contributed by atoms with Gasteiger partial charge in [0.05, 0.1) is 16.6 Å². The maximum atomic E-state index is 12.5. The average molecular weight is 483 g/mol. The number of benzene rings is 3. The SMILES string of the molecule is CC(OC(=O)c1ccc(S(=O)(=O)NCC2CCCO2)cc1)C(=O)Nc1ccc2ccccc2c1. The number of anilines is 1. The van der Waals surface area contributed by atoms with Crippen LogP contribution >= 0.6 is 0 Å². The second-order valence-electron chi connectivity index (χ2n) is 8.11. The molecule has 3 aromatic rings. The third-order valence-electron chi connectivity index (χ3n) is 5.60. The van der Waals surface area contributed by atoms with E-state index >= 15 is 0 Å². The number of esters is 1. The van der Waals surface area contributed by atoms with Gasteiger partial charge in [-0.1, -0.05) is 30.3 Å². The first-order chi connectivity index (χ1) is 16.3.